The van der Waals surface area contributed by atoms with Crippen molar-refractivity contribution < 1.29 is 9.90 Å². The van der Waals surface area contributed by atoms with E-state index in [0.717, 1.165) is 33.2 Å². The predicted molar refractivity (Wildman–Crippen MR) is 135 cm³/mol. The Morgan fingerprint density at radius 1 is 1.06 bits per heavy atom. The number of carboxylic acids is 1. The van der Waals surface area contributed by atoms with Gasteiger partial charge in [-0.2, -0.15) is 0 Å². The summed E-state index contributed by atoms with van der Waals surface area (Å²) in [5, 5.41) is 10.1. The van der Waals surface area contributed by atoms with Crippen molar-refractivity contribution in [3.05, 3.63) is 94.7 Å². The van der Waals surface area contributed by atoms with Gasteiger partial charge in [-0.1, -0.05) is 53.8 Å². The number of rotatable bonds is 6. The topological polar surface area (TPSA) is 66.3 Å². The van der Waals surface area contributed by atoms with Crippen LogP contribution in [0.3, 0.4) is 0 Å². The third-order valence-electron chi connectivity index (χ3n) is 7.06. The summed E-state index contributed by atoms with van der Waals surface area (Å²) in [7, 11) is 0. The van der Waals surface area contributed by atoms with Crippen LogP contribution < -0.4 is 0 Å². The van der Waals surface area contributed by atoms with Gasteiger partial charge in [0.1, 0.15) is 15.4 Å². The molecule has 0 spiro atoms. The SMILES string of the molecule is Cc1cc(-c2nc3ccc(C4(c5ccccc5)C=C4)nc3s2)cc(C)c1CN1CC(C(=O)O)C1. The van der Waals surface area contributed by atoms with Crippen LogP contribution >= 0.6 is 11.3 Å². The molecule has 6 rings (SSSR count). The Bertz CT molecular complexity index is 1420. The van der Waals surface area contributed by atoms with Gasteiger partial charge in [0.25, 0.3) is 0 Å². The molecule has 3 heterocycles. The summed E-state index contributed by atoms with van der Waals surface area (Å²) in [5.74, 6) is -0.924. The van der Waals surface area contributed by atoms with Gasteiger partial charge in [-0.3, -0.25) is 9.69 Å². The number of aromatic nitrogens is 2. The molecule has 0 atom stereocenters. The standard InChI is InChI=1S/C28H25N3O2S/c1-17-12-19(13-18(2)22(17)16-31-14-20(15-31)27(32)33)25-29-23-8-9-24(30-26(23)34-25)28(10-11-28)21-6-4-3-5-7-21/h3-13,20H,14-16H2,1-2H3,(H,32,33). The molecule has 5 nitrogen and oxygen atoms in total. The van der Waals surface area contributed by atoms with E-state index in [-0.39, 0.29) is 11.3 Å². The molecule has 1 saturated heterocycles. The Morgan fingerprint density at radius 2 is 1.76 bits per heavy atom. The average molecular weight is 468 g/mol. The average Bonchev–Trinajstić information content (AvgIpc) is 3.50. The zero-order valence-corrected chi connectivity index (χ0v) is 20.0. The Labute approximate surface area is 202 Å². The number of pyridine rings is 1. The number of nitrogens with zero attached hydrogens (tertiary/aromatic N) is 3. The lowest BCUT2D eigenvalue weighted by Crippen LogP contribution is -2.49. The number of thiazole rings is 1. The lowest BCUT2D eigenvalue weighted by molar-refractivity contribution is -0.147. The molecule has 1 aliphatic heterocycles. The summed E-state index contributed by atoms with van der Waals surface area (Å²) in [6, 6.07) is 19.1. The lowest BCUT2D eigenvalue weighted by Gasteiger charge is -2.37. The predicted octanol–water partition coefficient (Wildman–Crippen LogP) is 5.35. The molecule has 2 aromatic heterocycles. The zero-order valence-electron chi connectivity index (χ0n) is 19.2. The largest absolute Gasteiger partial charge is 0.481 e. The maximum Gasteiger partial charge on any atom is 0.309 e. The van der Waals surface area contributed by atoms with E-state index in [4.69, 9.17) is 15.1 Å². The van der Waals surface area contributed by atoms with Crippen LogP contribution in [0.5, 0.6) is 0 Å². The van der Waals surface area contributed by atoms with E-state index in [1.54, 1.807) is 11.3 Å². The van der Waals surface area contributed by atoms with Gasteiger partial charge in [-0.15, -0.1) is 0 Å². The van der Waals surface area contributed by atoms with E-state index in [2.05, 4.69) is 79.4 Å². The number of aliphatic carboxylic acids is 1. The summed E-state index contributed by atoms with van der Waals surface area (Å²) in [4.78, 5) is 24.2. The van der Waals surface area contributed by atoms with Gasteiger partial charge in [0.2, 0.25) is 0 Å². The number of allylic oxidation sites excluding steroid dienone is 2. The first-order valence-electron chi connectivity index (χ1n) is 11.5. The molecular weight excluding hydrogens is 442 g/mol. The molecule has 6 heteroatoms. The van der Waals surface area contributed by atoms with Gasteiger partial charge in [-0.05, 0) is 60.4 Å². The number of hydrogen-bond donors (Lipinski definition) is 1. The first-order valence-corrected chi connectivity index (χ1v) is 12.3. The normalized spacial score (nSPS) is 17.1. The van der Waals surface area contributed by atoms with Crippen molar-refractivity contribution >= 4 is 27.7 Å². The maximum atomic E-state index is 11.1. The van der Waals surface area contributed by atoms with Crippen molar-refractivity contribution in [3.8, 4) is 10.6 Å². The van der Waals surface area contributed by atoms with Crippen LogP contribution in [0.2, 0.25) is 0 Å². The van der Waals surface area contributed by atoms with Gasteiger partial charge in [-0.25, -0.2) is 9.97 Å². The highest BCUT2D eigenvalue weighted by Gasteiger charge is 2.39. The van der Waals surface area contributed by atoms with Crippen molar-refractivity contribution in [3.63, 3.8) is 0 Å². The molecule has 0 bridgehead atoms. The first-order chi connectivity index (χ1) is 16.4. The monoisotopic (exact) mass is 467 g/mol. The van der Waals surface area contributed by atoms with Crippen LogP contribution in [0.1, 0.15) is 27.9 Å². The fraction of sp³-hybridized carbons (Fsp3) is 0.250. The van der Waals surface area contributed by atoms with Crippen molar-refractivity contribution in [1.82, 2.24) is 14.9 Å². The van der Waals surface area contributed by atoms with Crippen LogP contribution in [-0.2, 0) is 16.8 Å². The molecule has 1 aliphatic carbocycles. The van der Waals surface area contributed by atoms with E-state index in [0.29, 0.717) is 13.1 Å². The van der Waals surface area contributed by atoms with Crippen LogP contribution in [0, 0.1) is 19.8 Å². The molecule has 0 unspecified atom stereocenters. The van der Waals surface area contributed by atoms with Crippen molar-refractivity contribution in [2.45, 2.75) is 25.8 Å². The highest BCUT2D eigenvalue weighted by Crippen LogP contribution is 2.45. The summed E-state index contributed by atoms with van der Waals surface area (Å²) < 4.78 is 0. The van der Waals surface area contributed by atoms with Gasteiger partial charge >= 0.3 is 5.97 Å². The molecule has 0 radical (unpaired) electrons. The summed E-state index contributed by atoms with van der Waals surface area (Å²) in [6.07, 6.45) is 4.42. The van der Waals surface area contributed by atoms with E-state index < -0.39 is 5.97 Å². The number of aryl methyl sites for hydroxylation is 2. The van der Waals surface area contributed by atoms with Crippen LogP contribution in [-0.4, -0.2) is 39.0 Å². The number of benzene rings is 2. The molecule has 1 fully saturated rings. The Balaban J connectivity index is 1.27. The zero-order chi connectivity index (χ0) is 23.4. The fourth-order valence-electron chi connectivity index (χ4n) is 4.92. The van der Waals surface area contributed by atoms with Crippen molar-refractivity contribution in [1.29, 1.82) is 0 Å². The van der Waals surface area contributed by atoms with E-state index in [1.165, 1.54) is 22.3 Å². The second-order valence-corrected chi connectivity index (χ2v) is 10.4. The first kappa shape index (κ1) is 21.2. The number of likely N-dealkylation sites (tertiary alicyclic amines) is 1. The number of hydrogen-bond acceptors (Lipinski definition) is 5. The van der Waals surface area contributed by atoms with Gasteiger partial charge in [0.15, 0.2) is 0 Å². The third kappa shape index (κ3) is 3.54. The number of carbonyl (C=O) groups is 1. The molecule has 0 amide bonds. The van der Waals surface area contributed by atoms with Gasteiger partial charge < -0.3 is 5.11 Å². The second kappa shape index (κ2) is 7.86. The molecule has 2 aromatic carbocycles. The second-order valence-electron chi connectivity index (χ2n) is 9.43. The Morgan fingerprint density at radius 3 is 2.41 bits per heavy atom. The molecular formula is C28H25N3O2S. The lowest BCUT2D eigenvalue weighted by atomic mass is 9.89. The van der Waals surface area contributed by atoms with Crippen LogP contribution in [0.25, 0.3) is 20.9 Å². The number of fused-ring (bicyclic) bond motifs is 1. The molecule has 34 heavy (non-hydrogen) atoms. The quantitative estimate of drug-likeness (QED) is 0.387. The third-order valence-corrected chi connectivity index (χ3v) is 8.08. The number of carboxylic acid groups (broad SMARTS) is 1. The summed E-state index contributed by atoms with van der Waals surface area (Å²) in [6.45, 7) is 6.31. The molecule has 4 aromatic rings. The van der Waals surface area contributed by atoms with E-state index in [1.807, 2.05) is 6.07 Å². The Kier molecular flexibility index (Phi) is 4.90. The Hall–Kier alpha value is -3.35. The smallest absolute Gasteiger partial charge is 0.309 e. The highest BCUT2D eigenvalue weighted by molar-refractivity contribution is 7.21. The minimum atomic E-state index is -0.695. The van der Waals surface area contributed by atoms with Crippen LogP contribution in [0.15, 0.2) is 66.7 Å². The summed E-state index contributed by atoms with van der Waals surface area (Å²) in [5.41, 5.74) is 7.83. The molecule has 2 aliphatic rings. The van der Waals surface area contributed by atoms with Gasteiger partial charge in [0, 0.05) is 25.2 Å². The van der Waals surface area contributed by atoms with E-state index >= 15 is 0 Å². The van der Waals surface area contributed by atoms with E-state index in [9.17, 15) is 4.79 Å². The highest BCUT2D eigenvalue weighted by atomic mass is 32.1. The van der Waals surface area contributed by atoms with Gasteiger partial charge in [0.05, 0.1) is 17.0 Å². The maximum absolute atomic E-state index is 11.1. The fourth-order valence-corrected chi connectivity index (χ4v) is 5.85. The summed E-state index contributed by atoms with van der Waals surface area (Å²) >= 11 is 1.63. The van der Waals surface area contributed by atoms with Crippen molar-refractivity contribution in [2.75, 3.05) is 13.1 Å². The van der Waals surface area contributed by atoms with Crippen LogP contribution in [0.4, 0.5) is 0 Å². The molecule has 0 saturated carbocycles. The molecule has 170 valence electrons. The minimum absolute atomic E-state index is 0.190. The minimum Gasteiger partial charge on any atom is -0.481 e. The molecule has 1 N–H and O–H groups in total. The van der Waals surface area contributed by atoms with Crippen molar-refractivity contribution in [2.24, 2.45) is 5.92 Å².